The highest BCUT2D eigenvalue weighted by Gasteiger charge is 2.65. The van der Waals surface area contributed by atoms with E-state index in [1.54, 1.807) is 6.92 Å². The summed E-state index contributed by atoms with van der Waals surface area (Å²) in [6.45, 7) is 3.67. The Bertz CT molecular complexity index is 1380. The lowest BCUT2D eigenvalue weighted by Crippen LogP contribution is -2.41. The fraction of sp³-hybridized carbons (Fsp3) is 0.345. The first-order valence-corrected chi connectivity index (χ1v) is 12.4. The van der Waals surface area contributed by atoms with Gasteiger partial charge in [-0.05, 0) is 53.6 Å². The molecule has 3 aromatic carbocycles. The van der Waals surface area contributed by atoms with Gasteiger partial charge in [-0.15, -0.1) is 0 Å². The third kappa shape index (κ3) is 4.56. The predicted octanol–water partition coefficient (Wildman–Crippen LogP) is 8.87. The van der Waals surface area contributed by atoms with Gasteiger partial charge in [-0.2, -0.15) is 17.6 Å². The van der Waals surface area contributed by atoms with Gasteiger partial charge in [0, 0.05) is 6.07 Å². The van der Waals surface area contributed by atoms with Crippen LogP contribution < -0.4 is 4.74 Å². The number of aryl methyl sites for hydroxylation is 2. The van der Waals surface area contributed by atoms with Gasteiger partial charge in [0.15, 0.2) is 0 Å². The lowest BCUT2D eigenvalue weighted by Gasteiger charge is -2.35. The first-order chi connectivity index (χ1) is 17.9. The molecule has 0 bridgehead atoms. The van der Waals surface area contributed by atoms with Crippen LogP contribution in [0.1, 0.15) is 72.1 Å². The molecular formula is C29H25F7O2. The van der Waals surface area contributed by atoms with Crippen LogP contribution in [0.15, 0.2) is 42.5 Å². The van der Waals surface area contributed by atoms with Crippen molar-refractivity contribution in [2.45, 2.75) is 64.2 Å². The smallest absolute Gasteiger partial charge is 0.346 e. The Morgan fingerprint density at radius 1 is 0.737 bits per heavy atom. The Morgan fingerprint density at radius 3 is 1.95 bits per heavy atom. The fourth-order valence-corrected chi connectivity index (χ4v) is 4.71. The van der Waals surface area contributed by atoms with E-state index in [9.17, 15) is 13.6 Å². The molecule has 0 spiro atoms. The zero-order chi connectivity index (χ0) is 27.8. The Kier molecular flexibility index (Phi) is 7.59. The van der Waals surface area contributed by atoms with Crippen molar-refractivity contribution in [1.82, 2.24) is 0 Å². The summed E-state index contributed by atoms with van der Waals surface area (Å²) in [6, 6.07) is 7.47. The molecular weight excluding hydrogens is 513 g/mol. The number of rotatable bonds is 8. The van der Waals surface area contributed by atoms with Gasteiger partial charge in [0.25, 0.3) is 0 Å². The monoisotopic (exact) mass is 538 g/mol. The summed E-state index contributed by atoms with van der Waals surface area (Å²) in [5.74, 6) is -16.1. The van der Waals surface area contributed by atoms with Crippen LogP contribution in [0.5, 0.6) is 5.75 Å². The number of hydrogen-bond donors (Lipinski definition) is 0. The SMILES string of the molecule is CCCCCc1ccc(OC(=O)c2ccc3c(c2F)C(F)(F)C(F)(F)c2c-3ccc(CCC)c2F)cc1F. The van der Waals surface area contributed by atoms with Crippen LogP contribution in [0.2, 0.25) is 0 Å². The number of unbranched alkanes of at least 4 members (excludes halogenated alkanes) is 2. The third-order valence-corrected chi connectivity index (χ3v) is 6.70. The van der Waals surface area contributed by atoms with E-state index in [2.05, 4.69) is 0 Å². The largest absolute Gasteiger partial charge is 0.423 e. The number of carbonyl (C=O) groups is 1. The zero-order valence-electron chi connectivity index (χ0n) is 20.7. The van der Waals surface area contributed by atoms with Gasteiger partial charge < -0.3 is 4.74 Å². The maximum Gasteiger partial charge on any atom is 0.346 e. The fourth-order valence-electron chi connectivity index (χ4n) is 4.71. The Morgan fingerprint density at radius 2 is 1.34 bits per heavy atom. The molecule has 0 saturated heterocycles. The number of halogens is 7. The molecule has 2 nitrogen and oxygen atoms in total. The van der Waals surface area contributed by atoms with Gasteiger partial charge in [-0.1, -0.05) is 57.4 Å². The van der Waals surface area contributed by atoms with Gasteiger partial charge >= 0.3 is 17.8 Å². The van der Waals surface area contributed by atoms with E-state index in [1.165, 1.54) is 18.2 Å². The summed E-state index contributed by atoms with van der Waals surface area (Å²) in [7, 11) is 0. The highest BCUT2D eigenvalue weighted by Crippen LogP contribution is 2.59. The van der Waals surface area contributed by atoms with E-state index in [0.717, 1.165) is 43.5 Å². The average molecular weight is 539 g/mol. The van der Waals surface area contributed by atoms with Crippen LogP contribution in [0.4, 0.5) is 30.7 Å². The minimum absolute atomic E-state index is 0.0487. The number of benzene rings is 3. The molecule has 38 heavy (non-hydrogen) atoms. The lowest BCUT2D eigenvalue weighted by molar-refractivity contribution is -0.227. The molecule has 4 rings (SSSR count). The third-order valence-electron chi connectivity index (χ3n) is 6.70. The quantitative estimate of drug-likeness (QED) is 0.124. The summed E-state index contributed by atoms with van der Waals surface area (Å²) in [6.07, 6.45) is 3.48. The Hall–Kier alpha value is -3.36. The van der Waals surface area contributed by atoms with E-state index in [0.29, 0.717) is 18.4 Å². The van der Waals surface area contributed by atoms with Crippen LogP contribution in [-0.4, -0.2) is 5.97 Å². The van der Waals surface area contributed by atoms with Gasteiger partial charge in [-0.25, -0.2) is 18.0 Å². The first kappa shape index (κ1) is 27.7. The molecule has 0 N–H and O–H groups in total. The molecule has 1 aliphatic carbocycles. The van der Waals surface area contributed by atoms with Crippen molar-refractivity contribution in [3.8, 4) is 16.9 Å². The second-order valence-corrected chi connectivity index (χ2v) is 9.31. The standard InChI is InChI=1S/C29H25F7O2/c1-3-5-6-8-16-9-11-18(15-22(16)30)38-27(37)21-14-13-20-19-12-10-17(7-4-2)25(31)23(19)28(33,34)29(35,36)24(20)26(21)32/h9-15H,3-8H2,1-2H3. The minimum atomic E-state index is -5.17. The summed E-state index contributed by atoms with van der Waals surface area (Å²) >= 11 is 0. The number of carbonyl (C=O) groups excluding carboxylic acids is 1. The summed E-state index contributed by atoms with van der Waals surface area (Å²) in [5, 5.41) is 0. The number of esters is 1. The summed E-state index contributed by atoms with van der Waals surface area (Å²) in [5.41, 5.74) is -5.31. The number of ether oxygens (including phenoxy) is 1. The Balaban J connectivity index is 1.73. The molecule has 0 saturated carbocycles. The van der Waals surface area contributed by atoms with Crippen LogP contribution >= 0.6 is 0 Å². The van der Waals surface area contributed by atoms with Crippen LogP contribution in [0.25, 0.3) is 11.1 Å². The van der Waals surface area contributed by atoms with Crippen LogP contribution in [-0.2, 0) is 24.7 Å². The lowest BCUT2D eigenvalue weighted by atomic mass is 9.78. The van der Waals surface area contributed by atoms with E-state index in [-0.39, 0.29) is 17.7 Å². The molecule has 0 aromatic heterocycles. The normalized spacial score (nSPS) is 15.1. The molecule has 3 aromatic rings. The molecule has 0 amide bonds. The molecule has 0 aliphatic heterocycles. The second kappa shape index (κ2) is 10.4. The summed E-state index contributed by atoms with van der Waals surface area (Å²) in [4.78, 5) is 12.6. The highest BCUT2D eigenvalue weighted by molar-refractivity contribution is 5.93. The first-order valence-electron chi connectivity index (χ1n) is 12.4. The van der Waals surface area contributed by atoms with E-state index >= 15 is 22.0 Å². The van der Waals surface area contributed by atoms with Crippen molar-refractivity contribution in [3.63, 3.8) is 0 Å². The maximum atomic E-state index is 15.4. The van der Waals surface area contributed by atoms with E-state index < -0.39 is 63.1 Å². The summed E-state index contributed by atoms with van der Waals surface area (Å²) < 4.78 is 110. The van der Waals surface area contributed by atoms with Gasteiger partial charge in [0.05, 0.1) is 16.7 Å². The number of fused-ring (bicyclic) bond motifs is 3. The van der Waals surface area contributed by atoms with Crippen molar-refractivity contribution in [3.05, 3.63) is 87.7 Å². The molecule has 202 valence electrons. The molecule has 0 radical (unpaired) electrons. The molecule has 0 heterocycles. The van der Waals surface area contributed by atoms with Crippen molar-refractivity contribution in [1.29, 1.82) is 0 Å². The Labute approximate surface area is 215 Å². The van der Waals surface area contributed by atoms with Crippen molar-refractivity contribution < 1.29 is 40.3 Å². The predicted molar refractivity (Wildman–Crippen MR) is 128 cm³/mol. The van der Waals surface area contributed by atoms with Crippen molar-refractivity contribution in [2.75, 3.05) is 0 Å². The highest BCUT2D eigenvalue weighted by atomic mass is 19.3. The van der Waals surface area contributed by atoms with Gasteiger partial charge in [-0.3, -0.25) is 0 Å². The number of alkyl halides is 4. The van der Waals surface area contributed by atoms with Gasteiger partial charge in [0.1, 0.15) is 23.2 Å². The average Bonchev–Trinajstić information content (AvgIpc) is 2.85. The second-order valence-electron chi connectivity index (χ2n) is 9.31. The van der Waals surface area contributed by atoms with Crippen LogP contribution in [0.3, 0.4) is 0 Å². The molecule has 0 fully saturated rings. The molecule has 1 aliphatic rings. The molecule has 0 atom stereocenters. The maximum absolute atomic E-state index is 15.4. The van der Waals surface area contributed by atoms with Crippen LogP contribution in [0, 0.1) is 17.5 Å². The topological polar surface area (TPSA) is 26.3 Å². The van der Waals surface area contributed by atoms with E-state index in [4.69, 9.17) is 4.74 Å². The number of hydrogen-bond acceptors (Lipinski definition) is 2. The molecule has 9 heteroatoms. The van der Waals surface area contributed by atoms with Crippen molar-refractivity contribution >= 4 is 5.97 Å². The molecule has 0 unspecified atom stereocenters. The van der Waals surface area contributed by atoms with Crippen molar-refractivity contribution in [2.24, 2.45) is 0 Å². The minimum Gasteiger partial charge on any atom is -0.423 e. The van der Waals surface area contributed by atoms with Gasteiger partial charge in [0.2, 0.25) is 0 Å². The van der Waals surface area contributed by atoms with E-state index in [1.807, 2.05) is 6.92 Å². The zero-order valence-corrected chi connectivity index (χ0v) is 20.7.